The first kappa shape index (κ1) is 25.3. The molecule has 0 aromatic carbocycles. The first-order valence-corrected chi connectivity index (χ1v) is 12.1. The van der Waals surface area contributed by atoms with Gasteiger partial charge in [0, 0.05) is 55.3 Å². The molecule has 10 heteroatoms. The maximum atomic E-state index is 13.5. The van der Waals surface area contributed by atoms with Crippen LogP contribution >= 0.6 is 0 Å². The van der Waals surface area contributed by atoms with Crippen LogP contribution < -0.4 is 9.80 Å². The standard InChI is InChI=1S/C26H31FN8O/c1-17-13-34(24(36)25(3,4)14-27)18(2)12-33(17)22-21-23(32-16-31-22)35(15-26(21,5)7-8-28)20-10-19(11-29)6-9-30-20/h6,9-10,16-18H,7,12-15H2,1-5H3/t17-,18+,26?/m0/s1. The monoisotopic (exact) mass is 490 g/mol. The fourth-order valence-electron chi connectivity index (χ4n) is 5.13. The van der Waals surface area contributed by atoms with E-state index in [1.54, 1.807) is 37.1 Å². The van der Waals surface area contributed by atoms with Crippen molar-refractivity contribution in [3.05, 3.63) is 35.8 Å². The summed E-state index contributed by atoms with van der Waals surface area (Å²) in [7, 11) is 0. The first-order chi connectivity index (χ1) is 17.1. The van der Waals surface area contributed by atoms with E-state index in [1.807, 2.05) is 25.7 Å². The maximum Gasteiger partial charge on any atom is 0.231 e. The lowest BCUT2D eigenvalue weighted by Gasteiger charge is -2.47. The summed E-state index contributed by atoms with van der Waals surface area (Å²) < 4.78 is 13.5. The zero-order valence-electron chi connectivity index (χ0n) is 21.4. The van der Waals surface area contributed by atoms with E-state index >= 15 is 0 Å². The van der Waals surface area contributed by atoms with Crippen LogP contribution in [0.25, 0.3) is 0 Å². The largest absolute Gasteiger partial charge is 0.350 e. The molecule has 0 bridgehead atoms. The zero-order chi connectivity index (χ0) is 26.3. The van der Waals surface area contributed by atoms with Gasteiger partial charge in [-0.2, -0.15) is 10.5 Å². The molecule has 1 fully saturated rings. The van der Waals surface area contributed by atoms with Gasteiger partial charge < -0.3 is 14.7 Å². The van der Waals surface area contributed by atoms with Crippen molar-refractivity contribution in [2.45, 2.75) is 58.5 Å². The Kier molecular flexibility index (Phi) is 6.57. The third kappa shape index (κ3) is 4.21. The second-order valence-electron chi connectivity index (χ2n) is 10.7. The van der Waals surface area contributed by atoms with E-state index in [-0.39, 0.29) is 24.4 Å². The van der Waals surface area contributed by atoms with Gasteiger partial charge >= 0.3 is 0 Å². The van der Waals surface area contributed by atoms with E-state index in [2.05, 4.69) is 32.0 Å². The van der Waals surface area contributed by atoms with Crippen LogP contribution in [-0.4, -0.2) is 64.2 Å². The molecule has 0 saturated carbocycles. The summed E-state index contributed by atoms with van der Waals surface area (Å²) >= 11 is 0. The number of halogens is 1. The number of pyridine rings is 1. The molecule has 1 unspecified atom stereocenters. The third-order valence-electron chi connectivity index (χ3n) is 7.23. The molecule has 4 rings (SSSR count). The second kappa shape index (κ2) is 9.34. The molecule has 0 aliphatic carbocycles. The minimum Gasteiger partial charge on any atom is -0.350 e. The van der Waals surface area contributed by atoms with Crippen LogP contribution in [0, 0.1) is 28.1 Å². The van der Waals surface area contributed by atoms with Crippen LogP contribution in [0.2, 0.25) is 0 Å². The normalized spacial score (nSPS) is 23.7. The summed E-state index contributed by atoms with van der Waals surface area (Å²) in [5.41, 5.74) is -0.289. The van der Waals surface area contributed by atoms with Crippen molar-refractivity contribution in [1.82, 2.24) is 19.9 Å². The van der Waals surface area contributed by atoms with Gasteiger partial charge in [0.15, 0.2) is 0 Å². The number of aromatic nitrogens is 3. The number of hydrogen-bond donors (Lipinski definition) is 0. The van der Waals surface area contributed by atoms with Crippen LogP contribution in [0.5, 0.6) is 0 Å². The molecule has 4 heterocycles. The molecule has 188 valence electrons. The van der Waals surface area contributed by atoms with Gasteiger partial charge in [-0.15, -0.1) is 0 Å². The fourth-order valence-corrected chi connectivity index (χ4v) is 5.13. The van der Waals surface area contributed by atoms with E-state index in [1.165, 1.54) is 6.33 Å². The minimum atomic E-state index is -1.07. The fraction of sp³-hybridized carbons (Fsp3) is 0.538. The highest BCUT2D eigenvalue weighted by atomic mass is 19.1. The summed E-state index contributed by atoms with van der Waals surface area (Å²) in [5.74, 6) is 1.79. The SMILES string of the molecule is C[C@@H]1CN(c2ncnc3c2C(C)(CC#N)CN3c2cc(C#N)ccn2)[C@@H](C)CN1C(=O)C(C)(C)CF. The van der Waals surface area contributed by atoms with Crippen LogP contribution in [-0.2, 0) is 10.2 Å². The molecule has 2 aliphatic heterocycles. The van der Waals surface area contributed by atoms with Gasteiger partial charge in [0.2, 0.25) is 5.91 Å². The Morgan fingerprint density at radius 1 is 1.19 bits per heavy atom. The van der Waals surface area contributed by atoms with Gasteiger partial charge in [0.25, 0.3) is 0 Å². The summed E-state index contributed by atoms with van der Waals surface area (Å²) in [4.78, 5) is 32.6. The smallest absolute Gasteiger partial charge is 0.231 e. The molecule has 0 radical (unpaired) electrons. The topological polar surface area (TPSA) is 113 Å². The highest BCUT2D eigenvalue weighted by molar-refractivity contribution is 5.83. The highest BCUT2D eigenvalue weighted by Crippen LogP contribution is 2.48. The summed E-state index contributed by atoms with van der Waals surface area (Å²) in [6.07, 6.45) is 3.35. The number of piperazine rings is 1. The predicted octanol–water partition coefficient (Wildman–Crippen LogP) is 3.49. The molecule has 2 aliphatic rings. The van der Waals surface area contributed by atoms with Crippen molar-refractivity contribution in [1.29, 1.82) is 10.5 Å². The van der Waals surface area contributed by atoms with Gasteiger partial charge in [0.05, 0.1) is 23.1 Å². The molecule has 0 spiro atoms. The van der Waals surface area contributed by atoms with Crippen molar-refractivity contribution in [2.24, 2.45) is 5.41 Å². The molecule has 36 heavy (non-hydrogen) atoms. The summed E-state index contributed by atoms with van der Waals surface area (Å²) in [6.45, 7) is 9.98. The lowest BCUT2D eigenvalue weighted by molar-refractivity contribution is -0.144. The maximum absolute atomic E-state index is 13.5. The number of anilines is 3. The van der Waals surface area contributed by atoms with Gasteiger partial charge in [-0.3, -0.25) is 4.79 Å². The lowest BCUT2D eigenvalue weighted by atomic mass is 9.82. The molecule has 2 aromatic heterocycles. The number of carbonyl (C=O) groups excluding carboxylic acids is 1. The molecule has 3 atom stereocenters. The number of amides is 1. The van der Waals surface area contributed by atoms with Crippen molar-refractivity contribution in [3.8, 4) is 12.1 Å². The number of alkyl halides is 1. The number of fused-ring (bicyclic) bond motifs is 1. The molecule has 2 aromatic rings. The average Bonchev–Trinajstić information content (AvgIpc) is 3.17. The van der Waals surface area contributed by atoms with Crippen molar-refractivity contribution < 1.29 is 9.18 Å². The summed E-state index contributed by atoms with van der Waals surface area (Å²) in [6, 6.07) is 7.59. The van der Waals surface area contributed by atoms with Crippen LogP contribution in [0.3, 0.4) is 0 Å². The number of nitriles is 2. The Morgan fingerprint density at radius 3 is 2.58 bits per heavy atom. The predicted molar refractivity (Wildman–Crippen MR) is 133 cm³/mol. The second-order valence-corrected chi connectivity index (χ2v) is 10.7. The Morgan fingerprint density at radius 2 is 1.92 bits per heavy atom. The van der Waals surface area contributed by atoms with Crippen molar-refractivity contribution in [2.75, 3.05) is 36.1 Å². The van der Waals surface area contributed by atoms with Gasteiger partial charge in [-0.1, -0.05) is 6.92 Å². The van der Waals surface area contributed by atoms with Crippen LogP contribution in [0.15, 0.2) is 24.7 Å². The first-order valence-electron chi connectivity index (χ1n) is 12.1. The lowest BCUT2D eigenvalue weighted by Crippen LogP contribution is -2.61. The van der Waals surface area contributed by atoms with Gasteiger partial charge in [0.1, 0.15) is 30.5 Å². The number of nitrogens with zero attached hydrogens (tertiary/aromatic N) is 8. The van der Waals surface area contributed by atoms with Crippen LogP contribution in [0.4, 0.5) is 21.8 Å². The highest BCUT2D eigenvalue weighted by Gasteiger charge is 2.46. The van der Waals surface area contributed by atoms with E-state index in [0.717, 1.165) is 11.4 Å². The summed E-state index contributed by atoms with van der Waals surface area (Å²) in [5, 5.41) is 19.1. The van der Waals surface area contributed by atoms with E-state index in [0.29, 0.717) is 36.8 Å². The number of carbonyl (C=O) groups is 1. The Bertz CT molecular complexity index is 1250. The molecular formula is C26H31FN8O. The van der Waals surface area contributed by atoms with Crippen molar-refractivity contribution in [3.63, 3.8) is 0 Å². The molecule has 1 saturated heterocycles. The number of rotatable bonds is 5. The average molecular weight is 491 g/mol. The van der Waals surface area contributed by atoms with Gasteiger partial charge in [-0.05, 0) is 39.8 Å². The molecule has 1 amide bonds. The van der Waals surface area contributed by atoms with E-state index in [4.69, 9.17) is 0 Å². The van der Waals surface area contributed by atoms with Crippen molar-refractivity contribution >= 4 is 23.4 Å². The molecule has 9 nitrogen and oxygen atoms in total. The Hall–Kier alpha value is -3.79. The molecular weight excluding hydrogens is 459 g/mol. The van der Waals surface area contributed by atoms with E-state index in [9.17, 15) is 19.7 Å². The van der Waals surface area contributed by atoms with Crippen LogP contribution in [0.1, 0.15) is 52.2 Å². The molecule has 0 N–H and O–H groups in total. The zero-order valence-corrected chi connectivity index (χ0v) is 21.4. The minimum absolute atomic E-state index is 0.0833. The third-order valence-corrected chi connectivity index (χ3v) is 7.23. The quantitative estimate of drug-likeness (QED) is 0.626. The number of hydrogen-bond acceptors (Lipinski definition) is 8. The Labute approximate surface area is 211 Å². The van der Waals surface area contributed by atoms with E-state index < -0.39 is 17.5 Å². The van der Waals surface area contributed by atoms with Gasteiger partial charge in [-0.25, -0.2) is 19.3 Å². The Balaban J connectivity index is 1.75.